The zero-order valence-corrected chi connectivity index (χ0v) is 8.61. The number of ether oxygens (including phenoxy) is 1. The van der Waals surface area contributed by atoms with Crippen molar-refractivity contribution in [1.82, 2.24) is 10.3 Å². The Kier molecular flexibility index (Phi) is 3.79. The molecule has 0 aliphatic heterocycles. The van der Waals surface area contributed by atoms with Crippen molar-refractivity contribution in [3.05, 3.63) is 29.6 Å². The molecule has 0 aliphatic carbocycles. The molecule has 0 unspecified atom stereocenters. The number of esters is 1. The third-order valence-corrected chi connectivity index (χ3v) is 1.77. The Bertz CT molecular complexity index is 377. The van der Waals surface area contributed by atoms with E-state index < -0.39 is 5.97 Å². The number of aryl methyl sites for hydroxylation is 1. The molecule has 0 spiro atoms. The van der Waals surface area contributed by atoms with E-state index >= 15 is 0 Å². The van der Waals surface area contributed by atoms with Gasteiger partial charge in [-0.1, -0.05) is 0 Å². The Morgan fingerprint density at radius 2 is 2.27 bits per heavy atom. The Balaban J connectivity index is 2.58. The predicted molar refractivity (Wildman–Crippen MR) is 53.3 cm³/mol. The van der Waals surface area contributed by atoms with Crippen molar-refractivity contribution in [3.63, 3.8) is 0 Å². The van der Waals surface area contributed by atoms with Gasteiger partial charge in [-0.2, -0.15) is 0 Å². The van der Waals surface area contributed by atoms with E-state index in [0.29, 0.717) is 5.69 Å². The monoisotopic (exact) mass is 208 g/mol. The number of aromatic nitrogens is 1. The van der Waals surface area contributed by atoms with Gasteiger partial charge in [0, 0.05) is 6.20 Å². The minimum atomic E-state index is -0.490. The van der Waals surface area contributed by atoms with Crippen molar-refractivity contribution in [2.24, 2.45) is 0 Å². The van der Waals surface area contributed by atoms with Gasteiger partial charge in [0.2, 0.25) is 0 Å². The second-order valence-corrected chi connectivity index (χ2v) is 2.98. The summed E-state index contributed by atoms with van der Waals surface area (Å²) in [6.45, 7) is 1.71. The molecular weight excluding hydrogens is 196 g/mol. The summed E-state index contributed by atoms with van der Waals surface area (Å²) in [7, 11) is 1.26. The molecular formula is C10H12N2O3. The number of methoxy groups -OCH3 is 1. The molecule has 0 aliphatic rings. The van der Waals surface area contributed by atoms with Gasteiger partial charge in [-0.15, -0.1) is 0 Å². The largest absolute Gasteiger partial charge is 0.468 e. The molecule has 1 aromatic rings. The highest BCUT2D eigenvalue weighted by molar-refractivity contribution is 5.94. The van der Waals surface area contributed by atoms with Gasteiger partial charge >= 0.3 is 5.97 Å². The second kappa shape index (κ2) is 5.09. The molecule has 0 saturated carbocycles. The van der Waals surface area contributed by atoms with E-state index in [-0.39, 0.29) is 12.5 Å². The summed E-state index contributed by atoms with van der Waals surface area (Å²) in [5.41, 5.74) is 1.23. The van der Waals surface area contributed by atoms with Crippen LogP contribution in [-0.4, -0.2) is 30.5 Å². The highest BCUT2D eigenvalue weighted by atomic mass is 16.5. The minimum absolute atomic E-state index is 0.148. The maximum atomic E-state index is 11.4. The van der Waals surface area contributed by atoms with Gasteiger partial charge in [-0.3, -0.25) is 14.6 Å². The van der Waals surface area contributed by atoms with E-state index in [2.05, 4.69) is 15.0 Å². The molecule has 1 amide bonds. The zero-order valence-electron chi connectivity index (χ0n) is 8.61. The molecule has 1 aromatic heterocycles. The van der Waals surface area contributed by atoms with Crippen LogP contribution in [0.4, 0.5) is 0 Å². The van der Waals surface area contributed by atoms with E-state index in [0.717, 1.165) is 5.56 Å². The number of rotatable bonds is 3. The Morgan fingerprint density at radius 3 is 2.87 bits per heavy atom. The van der Waals surface area contributed by atoms with E-state index in [1.54, 1.807) is 18.3 Å². The number of carbonyl (C=O) groups excluding carboxylic acids is 2. The van der Waals surface area contributed by atoms with Gasteiger partial charge in [0.25, 0.3) is 5.91 Å². The quantitative estimate of drug-likeness (QED) is 0.725. The average Bonchev–Trinajstić information content (AvgIpc) is 2.25. The molecule has 0 atom stereocenters. The summed E-state index contributed by atoms with van der Waals surface area (Å²) in [4.78, 5) is 26.1. The summed E-state index contributed by atoms with van der Waals surface area (Å²) in [5, 5.41) is 2.40. The lowest BCUT2D eigenvalue weighted by Crippen LogP contribution is -2.30. The number of amides is 1. The summed E-state index contributed by atoms with van der Waals surface area (Å²) < 4.78 is 4.39. The van der Waals surface area contributed by atoms with E-state index in [4.69, 9.17) is 0 Å². The zero-order chi connectivity index (χ0) is 11.3. The summed E-state index contributed by atoms with van der Waals surface area (Å²) in [6, 6.07) is 3.43. The number of carbonyl (C=O) groups is 2. The van der Waals surface area contributed by atoms with Gasteiger partial charge in [-0.05, 0) is 24.6 Å². The Morgan fingerprint density at radius 1 is 1.53 bits per heavy atom. The van der Waals surface area contributed by atoms with Crippen LogP contribution in [0.5, 0.6) is 0 Å². The van der Waals surface area contributed by atoms with E-state index in [1.165, 1.54) is 7.11 Å². The van der Waals surface area contributed by atoms with Crippen LogP contribution in [0.25, 0.3) is 0 Å². The molecule has 80 valence electrons. The van der Waals surface area contributed by atoms with Crippen molar-refractivity contribution in [2.75, 3.05) is 13.7 Å². The van der Waals surface area contributed by atoms with Crippen LogP contribution in [-0.2, 0) is 9.53 Å². The number of hydrogen-bond donors (Lipinski definition) is 1. The topological polar surface area (TPSA) is 68.3 Å². The molecule has 0 saturated heterocycles. The molecule has 5 heteroatoms. The van der Waals surface area contributed by atoms with Crippen LogP contribution in [0, 0.1) is 6.92 Å². The highest BCUT2D eigenvalue weighted by Crippen LogP contribution is 1.99. The van der Waals surface area contributed by atoms with Crippen LogP contribution in [0.3, 0.4) is 0 Å². The van der Waals surface area contributed by atoms with Crippen LogP contribution in [0.1, 0.15) is 16.1 Å². The molecule has 0 aromatic carbocycles. The second-order valence-electron chi connectivity index (χ2n) is 2.98. The van der Waals surface area contributed by atoms with E-state index in [9.17, 15) is 9.59 Å². The molecule has 15 heavy (non-hydrogen) atoms. The predicted octanol–water partition coefficient (Wildman–Crippen LogP) is 0.293. The molecule has 1 rings (SSSR count). The normalized spacial score (nSPS) is 9.47. The third kappa shape index (κ3) is 3.38. The number of pyridine rings is 1. The first kappa shape index (κ1) is 11.2. The minimum Gasteiger partial charge on any atom is -0.468 e. The lowest BCUT2D eigenvalue weighted by molar-refractivity contribution is -0.139. The van der Waals surface area contributed by atoms with Gasteiger partial charge in [0.05, 0.1) is 7.11 Å². The standard InChI is InChI=1S/C10H12N2O3/c1-7-3-4-11-8(5-7)10(14)12-6-9(13)15-2/h3-5H,6H2,1-2H3,(H,12,14). The first-order valence-electron chi connectivity index (χ1n) is 4.41. The Labute approximate surface area is 87.5 Å². The maximum Gasteiger partial charge on any atom is 0.325 e. The van der Waals surface area contributed by atoms with Gasteiger partial charge < -0.3 is 10.1 Å². The molecule has 0 radical (unpaired) electrons. The smallest absolute Gasteiger partial charge is 0.325 e. The number of nitrogens with zero attached hydrogens (tertiary/aromatic N) is 1. The van der Waals surface area contributed by atoms with Crippen molar-refractivity contribution in [2.45, 2.75) is 6.92 Å². The number of hydrogen-bond acceptors (Lipinski definition) is 4. The van der Waals surface area contributed by atoms with Crippen LogP contribution >= 0.6 is 0 Å². The number of nitrogens with one attached hydrogen (secondary N) is 1. The van der Waals surface area contributed by atoms with Crippen molar-refractivity contribution >= 4 is 11.9 Å². The molecule has 0 bridgehead atoms. The van der Waals surface area contributed by atoms with Crippen molar-refractivity contribution < 1.29 is 14.3 Å². The fraction of sp³-hybridized carbons (Fsp3) is 0.300. The van der Waals surface area contributed by atoms with Crippen molar-refractivity contribution in [1.29, 1.82) is 0 Å². The van der Waals surface area contributed by atoms with Crippen LogP contribution in [0.15, 0.2) is 18.3 Å². The highest BCUT2D eigenvalue weighted by Gasteiger charge is 2.08. The Hall–Kier alpha value is -1.91. The van der Waals surface area contributed by atoms with Gasteiger partial charge in [0.15, 0.2) is 0 Å². The molecule has 1 heterocycles. The first-order chi connectivity index (χ1) is 7.13. The van der Waals surface area contributed by atoms with Crippen LogP contribution in [0.2, 0.25) is 0 Å². The first-order valence-corrected chi connectivity index (χ1v) is 4.41. The molecule has 1 N–H and O–H groups in total. The van der Waals surface area contributed by atoms with Crippen molar-refractivity contribution in [3.8, 4) is 0 Å². The summed E-state index contributed by atoms with van der Waals surface area (Å²) >= 11 is 0. The summed E-state index contributed by atoms with van der Waals surface area (Å²) in [5.74, 6) is -0.875. The van der Waals surface area contributed by atoms with Gasteiger partial charge in [0.1, 0.15) is 12.2 Å². The summed E-state index contributed by atoms with van der Waals surface area (Å²) in [6.07, 6.45) is 1.54. The third-order valence-electron chi connectivity index (χ3n) is 1.77. The average molecular weight is 208 g/mol. The maximum absolute atomic E-state index is 11.4. The molecule has 5 nitrogen and oxygen atoms in total. The fourth-order valence-electron chi connectivity index (χ4n) is 0.976. The SMILES string of the molecule is COC(=O)CNC(=O)c1cc(C)ccn1. The lowest BCUT2D eigenvalue weighted by Gasteiger charge is -2.03. The molecule has 0 fully saturated rings. The van der Waals surface area contributed by atoms with Crippen LogP contribution < -0.4 is 5.32 Å². The van der Waals surface area contributed by atoms with Gasteiger partial charge in [-0.25, -0.2) is 0 Å². The lowest BCUT2D eigenvalue weighted by atomic mass is 10.2. The fourth-order valence-corrected chi connectivity index (χ4v) is 0.976. The van der Waals surface area contributed by atoms with E-state index in [1.807, 2.05) is 6.92 Å².